The molecular formula is C18H21NO4. The normalized spacial score (nSPS) is 16.2. The van der Waals surface area contributed by atoms with Crippen LogP contribution in [0.5, 0.6) is 11.5 Å². The second-order valence-corrected chi connectivity index (χ2v) is 5.66. The lowest BCUT2D eigenvalue weighted by atomic mass is 10.2. The summed E-state index contributed by atoms with van der Waals surface area (Å²) in [5.74, 6) is 2.46. The van der Waals surface area contributed by atoms with E-state index in [-0.39, 0.29) is 12.0 Å². The van der Waals surface area contributed by atoms with Crippen molar-refractivity contribution in [2.75, 3.05) is 19.7 Å². The number of benzene rings is 1. The highest BCUT2D eigenvalue weighted by Gasteiger charge is 2.26. The van der Waals surface area contributed by atoms with E-state index in [0.717, 1.165) is 23.7 Å². The fourth-order valence-corrected chi connectivity index (χ4v) is 2.65. The van der Waals surface area contributed by atoms with Crippen molar-refractivity contribution < 1.29 is 18.7 Å². The molecule has 1 aromatic heterocycles. The Balaban J connectivity index is 1.69. The molecule has 1 atom stereocenters. The van der Waals surface area contributed by atoms with Crippen LogP contribution in [0.1, 0.15) is 29.7 Å². The number of fused-ring (bicyclic) bond motifs is 1. The Morgan fingerprint density at radius 2 is 2.00 bits per heavy atom. The zero-order valence-corrected chi connectivity index (χ0v) is 13.5. The van der Waals surface area contributed by atoms with Gasteiger partial charge in [-0.05, 0) is 37.6 Å². The second-order valence-electron chi connectivity index (χ2n) is 5.66. The van der Waals surface area contributed by atoms with Gasteiger partial charge < -0.3 is 18.8 Å². The third-order valence-electron chi connectivity index (χ3n) is 3.72. The lowest BCUT2D eigenvalue weighted by Gasteiger charge is -2.31. The van der Waals surface area contributed by atoms with E-state index >= 15 is 0 Å². The van der Waals surface area contributed by atoms with Crippen molar-refractivity contribution in [1.82, 2.24) is 4.90 Å². The van der Waals surface area contributed by atoms with E-state index in [4.69, 9.17) is 13.9 Å². The Kier molecular flexibility index (Phi) is 4.55. The summed E-state index contributed by atoms with van der Waals surface area (Å²) < 4.78 is 17.1. The van der Waals surface area contributed by atoms with E-state index in [2.05, 4.69) is 0 Å². The van der Waals surface area contributed by atoms with Crippen LogP contribution < -0.4 is 9.47 Å². The molecule has 0 aliphatic carbocycles. The zero-order chi connectivity index (χ0) is 16.2. The van der Waals surface area contributed by atoms with Crippen LogP contribution in [0.25, 0.3) is 0 Å². The van der Waals surface area contributed by atoms with E-state index in [9.17, 15) is 4.79 Å². The van der Waals surface area contributed by atoms with Crippen LogP contribution in [0.15, 0.2) is 40.8 Å². The maximum absolute atomic E-state index is 12.6. The number of carbonyl (C=O) groups excluding carboxylic acids is 1. The molecule has 5 heteroatoms. The van der Waals surface area contributed by atoms with Gasteiger partial charge in [-0.1, -0.05) is 19.1 Å². The molecule has 3 rings (SSSR count). The fraction of sp³-hybridized carbons (Fsp3) is 0.389. The monoisotopic (exact) mass is 315 g/mol. The molecule has 0 radical (unpaired) electrons. The number of carbonyl (C=O) groups is 1. The molecule has 122 valence electrons. The summed E-state index contributed by atoms with van der Waals surface area (Å²) in [5.41, 5.74) is 0. The summed E-state index contributed by atoms with van der Waals surface area (Å²) in [5, 5.41) is 0. The minimum atomic E-state index is -0.184. The average Bonchev–Trinajstić information content (AvgIpc) is 3.00. The molecule has 1 amide bonds. The smallest absolute Gasteiger partial charge is 0.289 e. The van der Waals surface area contributed by atoms with Gasteiger partial charge in [0.2, 0.25) is 0 Å². The largest absolute Gasteiger partial charge is 0.486 e. The molecule has 1 unspecified atom stereocenters. The average molecular weight is 315 g/mol. The first kappa shape index (κ1) is 15.5. The molecule has 2 heterocycles. The number of hydrogen-bond acceptors (Lipinski definition) is 4. The molecule has 5 nitrogen and oxygen atoms in total. The Hall–Kier alpha value is -2.43. The molecule has 2 aromatic rings. The SMILES string of the molecule is CCCN(CC1COc2ccccc2O1)C(=O)c1ccc(C)o1. The van der Waals surface area contributed by atoms with E-state index in [1.165, 1.54) is 0 Å². The minimum absolute atomic E-state index is 0.109. The van der Waals surface area contributed by atoms with E-state index < -0.39 is 0 Å². The summed E-state index contributed by atoms with van der Waals surface area (Å²) >= 11 is 0. The Morgan fingerprint density at radius 1 is 1.22 bits per heavy atom. The first-order chi connectivity index (χ1) is 11.2. The summed E-state index contributed by atoms with van der Waals surface area (Å²) in [4.78, 5) is 14.4. The number of hydrogen-bond donors (Lipinski definition) is 0. The van der Waals surface area contributed by atoms with Crippen molar-refractivity contribution in [3.8, 4) is 11.5 Å². The van der Waals surface area contributed by atoms with Crippen molar-refractivity contribution in [2.24, 2.45) is 0 Å². The van der Waals surface area contributed by atoms with Crippen LogP contribution in [0, 0.1) is 6.92 Å². The maximum atomic E-state index is 12.6. The molecule has 0 spiro atoms. The number of rotatable bonds is 5. The van der Waals surface area contributed by atoms with Gasteiger partial charge in [-0.15, -0.1) is 0 Å². The summed E-state index contributed by atoms with van der Waals surface area (Å²) in [6.45, 7) is 5.43. The second kappa shape index (κ2) is 6.77. The lowest BCUT2D eigenvalue weighted by Crippen LogP contribution is -2.44. The predicted octanol–water partition coefficient (Wildman–Crippen LogP) is 3.28. The highest BCUT2D eigenvalue weighted by Crippen LogP contribution is 2.31. The zero-order valence-electron chi connectivity index (χ0n) is 13.5. The highest BCUT2D eigenvalue weighted by atomic mass is 16.6. The number of aryl methyl sites for hydroxylation is 1. The third-order valence-corrected chi connectivity index (χ3v) is 3.72. The van der Waals surface area contributed by atoms with Gasteiger partial charge >= 0.3 is 0 Å². The van der Waals surface area contributed by atoms with E-state index in [0.29, 0.717) is 25.5 Å². The molecule has 0 fully saturated rings. The molecule has 1 aromatic carbocycles. The molecule has 0 saturated carbocycles. The van der Waals surface area contributed by atoms with Crippen molar-refractivity contribution in [1.29, 1.82) is 0 Å². The third kappa shape index (κ3) is 3.50. The van der Waals surface area contributed by atoms with Gasteiger partial charge in [-0.25, -0.2) is 0 Å². The minimum Gasteiger partial charge on any atom is -0.486 e. The van der Waals surface area contributed by atoms with Gasteiger partial charge in [0.05, 0.1) is 6.54 Å². The van der Waals surface area contributed by atoms with Gasteiger partial charge in [0.15, 0.2) is 23.4 Å². The number of para-hydroxylation sites is 2. The maximum Gasteiger partial charge on any atom is 0.289 e. The van der Waals surface area contributed by atoms with Crippen LogP contribution in [0.3, 0.4) is 0 Å². The first-order valence-electron chi connectivity index (χ1n) is 7.91. The molecule has 0 saturated heterocycles. The topological polar surface area (TPSA) is 51.9 Å². The standard InChI is InChI=1S/C18H21NO4/c1-3-10-19(18(20)17-9-8-13(2)22-17)11-14-12-21-15-6-4-5-7-16(15)23-14/h4-9,14H,3,10-12H2,1-2H3. The molecule has 0 N–H and O–H groups in total. The molecule has 1 aliphatic rings. The number of ether oxygens (including phenoxy) is 2. The van der Waals surface area contributed by atoms with Crippen LogP contribution in [0.4, 0.5) is 0 Å². The van der Waals surface area contributed by atoms with Gasteiger partial charge in [0, 0.05) is 6.54 Å². The summed E-state index contributed by atoms with van der Waals surface area (Å²) in [7, 11) is 0. The van der Waals surface area contributed by atoms with Crippen LogP contribution >= 0.6 is 0 Å². The predicted molar refractivity (Wildman–Crippen MR) is 86.0 cm³/mol. The summed E-state index contributed by atoms with van der Waals surface area (Å²) in [6.07, 6.45) is 0.687. The molecule has 23 heavy (non-hydrogen) atoms. The van der Waals surface area contributed by atoms with Gasteiger partial charge in [-0.3, -0.25) is 4.79 Å². The molecule has 1 aliphatic heterocycles. The number of furan rings is 1. The first-order valence-corrected chi connectivity index (χ1v) is 7.91. The van der Waals surface area contributed by atoms with E-state index in [1.807, 2.05) is 38.1 Å². The fourth-order valence-electron chi connectivity index (χ4n) is 2.65. The Bertz CT molecular complexity index is 679. The lowest BCUT2D eigenvalue weighted by molar-refractivity contribution is 0.0442. The molecule has 0 bridgehead atoms. The Labute approximate surface area is 135 Å². The van der Waals surface area contributed by atoms with Crippen molar-refractivity contribution in [3.63, 3.8) is 0 Å². The van der Waals surface area contributed by atoms with Gasteiger partial charge in [0.25, 0.3) is 5.91 Å². The highest BCUT2D eigenvalue weighted by molar-refractivity contribution is 5.91. The van der Waals surface area contributed by atoms with Crippen LogP contribution in [0.2, 0.25) is 0 Å². The number of nitrogens with zero attached hydrogens (tertiary/aromatic N) is 1. The quantitative estimate of drug-likeness (QED) is 0.849. The van der Waals surface area contributed by atoms with Crippen molar-refractivity contribution in [3.05, 3.63) is 47.9 Å². The van der Waals surface area contributed by atoms with Crippen molar-refractivity contribution >= 4 is 5.91 Å². The van der Waals surface area contributed by atoms with Crippen LogP contribution in [-0.2, 0) is 0 Å². The number of amides is 1. The van der Waals surface area contributed by atoms with Crippen LogP contribution in [-0.4, -0.2) is 36.6 Å². The molecular weight excluding hydrogens is 294 g/mol. The Morgan fingerprint density at radius 3 is 2.70 bits per heavy atom. The van der Waals surface area contributed by atoms with Crippen molar-refractivity contribution in [2.45, 2.75) is 26.4 Å². The van der Waals surface area contributed by atoms with Gasteiger partial charge in [0.1, 0.15) is 12.4 Å². The summed E-state index contributed by atoms with van der Waals surface area (Å²) in [6, 6.07) is 11.1. The van der Waals surface area contributed by atoms with E-state index in [1.54, 1.807) is 17.0 Å². The van der Waals surface area contributed by atoms with Gasteiger partial charge in [-0.2, -0.15) is 0 Å².